The molecule has 0 amide bonds. The topological polar surface area (TPSA) is 78.8 Å². The zero-order valence-electron chi connectivity index (χ0n) is 12.0. The summed E-state index contributed by atoms with van der Waals surface area (Å²) in [6.45, 7) is 0.836. The molecule has 2 unspecified atom stereocenters. The van der Waals surface area contributed by atoms with Gasteiger partial charge in [0.2, 0.25) is 5.95 Å². The van der Waals surface area contributed by atoms with Crippen molar-refractivity contribution in [3.63, 3.8) is 0 Å². The molecule has 3 rings (SSSR count). The summed E-state index contributed by atoms with van der Waals surface area (Å²) in [4.78, 5) is 10.3. The highest BCUT2D eigenvalue weighted by Gasteiger charge is 2.33. The van der Waals surface area contributed by atoms with Crippen molar-refractivity contribution in [2.24, 2.45) is 0 Å². The van der Waals surface area contributed by atoms with Crippen molar-refractivity contribution < 1.29 is 0 Å². The molecule has 2 atom stereocenters. The SMILES string of the molecule is N#CC(c1ccccc1)C1CCCN1c1cc(Cl)nc(N)n1. The zero-order chi connectivity index (χ0) is 15.5. The molecular formula is C16H16ClN5. The first-order valence-electron chi connectivity index (χ1n) is 7.20. The molecule has 1 fully saturated rings. The molecule has 5 nitrogen and oxygen atoms in total. The second kappa shape index (κ2) is 6.20. The number of aromatic nitrogens is 2. The molecule has 2 N–H and O–H groups in total. The number of nitrogens with two attached hydrogens (primary N) is 1. The summed E-state index contributed by atoms with van der Waals surface area (Å²) in [7, 11) is 0. The maximum absolute atomic E-state index is 9.65. The molecule has 0 spiro atoms. The number of hydrogen-bond donors (Lipinski definition) is 1. The third-order valence-electron chi connectivity index (χ3n) is 3.97. The Morgan fingerprint density at radius 2 is 2.09 bits per heavy atom. The first-order valence-corrected chi connectivity index (χ1v) is 7.58. The fourth-order valence-corrected chi connectivity index (χ4v) is 3.22. The van der Waals surface area contributed by atoms with E-state index in [-0.39, 0.29) is 17.9 Å². The Labute approximate surface area is 134 Å². The van der Waals surface area contributed by atoms with Crippen molar-refractivity contribution in [1.82, 2.24) is 9.97 Å². The van der Waals surface area contributed by atoms with Crippen LogP contribution < -0.4 is 10.6 Å². The van der Waals surface area contributed by atoms with Crippen molar-refractivity contribution in [2.45, 2.75) is 24.8 Å². The minimum atomic E-state index is -0.210. The van der Waals surface area contributed by atoms with Gasteiger partial charge in [0.1, 0.15) is 11.0 Å². The predicted octanol–water partition coefficient (Wildman–Crippen LogP) is 2.99. The molecule has 0 aliphatic carbocycles. The van der Waals surface area contributed by atoms with Crippen molar-refractivity contribution in [2.75, 3.05) is 17.2 Å². The van der Waals surface area contributed by atoms with Gasteiger partial charge in [0.25, 0.3) is 0 Å². The number of nitrogens with zero attached hydrogens (tertiary/aromatic N) is 4. The van der Waals surface area contributed by atoms with Gasteiger partial charge in [0.05, 0.1) is 18.0 Å². The quantitative estimate of drug-likeness (QED) is 0.881. The van der Waals surface area contributed by atoms with Gasteiger partial charge in [-0.3, -0.25) is 0 Å². The van der Waals surface area contributed by atoms with E-state index in [9.17, 15) is 5.26 Å². The fourth-order valence-electron chi connectivity index (χ4n) is 3.04. The molecule has 1 saturated heterocycles. The number of benzene rings is 1. The van der Waals surface area contributed by atoms with Crippen LogP contribution in [0.3, 0.4) is 0 Å². The molecule has 112 valence electrons. The standard InChI is InChI=1S/C16H16ClN5/c17-14-9-15(21-16(19)20-14)22-8-4-7-13(22)12(10-18)11-5-2-1-3-6-11/h1-3,5-6,9,12-13H,4,7-8H2,(H2,19,20,21). The van der Waals surface area contributed by atoms with E-state index in [0.29, 0.717) is 11.0 Å². The summed E-state index contributed by atoms with van der Waals surface area (Å²) >= 11 is 5.98. The second-order valence-electron chi connectivity index (χ2n) is 5.33. The van der Waals surface area contributed by atoms with Crippen LogP contribution in [0.5, 0.6) is 0 Å². The van der Waals surface area contributed by atoms with Gasteiger partial charge in [-0.2, -0.15) is 10.2 Å². The number of nitriles is 1. The number of nitrogen functional groups attached to an aromatic ring is 1. The van der Waals surface area contributed by atoms with Crippen molar-refractivity contribution >= 4 is 23.4 Å². The number of hydrogen-bond acceptors (Lipinski definition) is 5. The van der Waals surface area contributed by atoms with Crippen LogP contribution in [0.25, 0.3) is 0 Å². The Bertz CT molecular complexity index is 677. The van der Waals surface area contributed by atoms with E-state index in [1.807, 2.05) is 30.3 Å². The minimum absolute atomic E-state index is 0.0674. The van der Waals surface area contributed by atoms with E-state index in [0.717, 1.165) is 24.9 Å². The van der Waals surface area contributed by atoms with E-state index in [1.165, 1.54) is 0 Å². The molecule has 0 radical (unpaired) electrons. The summed E-state index contributed by atoms with van der Waals surface area (Å²) in [6.07, 6.45) is 1.95. The van der Waals surface area contributed by atoms with Gasteiger partial charge >= 0.3 is 0 Å². The van der Waals surface area contributed by atoms with Gasteiger partial charge in [-0.05, 0) is 18.4 Å². The monoisotopic (exact) mass is 313 g/mol. The minimum Gasteiger partial charge on any atom is -0.368 e. The lowest BCUT2D eigenvalue weighted by Crippen LogP contribution is -2.34. The van der Waals surface area contributed by atoms with Crippen LogP contribution in [0, 0.1) is 11.3 Å². The first kappa shape index (κ1) is 14.6. The van der Waals surface area contributed by atoms with Gasteiger partial charge in [0.15, 0.2) is 0 Å². The molecule has 0 bridgehead atoms. The van der Waals surface area contributed by atoms with Gasteiger partial charge < -0.3 is 10.6 Å². The van der Waals surface area contributed by atoms with Crippen molar-refractivity contribution in [3.05, 3.63) is 47.1 Å². The van der Waals surface area contributed by atoms with Crippen LogP contribution in [0.4, 0.5) is 11.8 Å². The van der Waals surface area contributed by atoms with Crippen molar-refractivity contribution in [1.29, 1.82) is 5.26 Å². The van der Waals surface area contributed by atoms with Gasteiger partial charge in [-0.1, -0.05) is 41.9 Å². The summed E-state index contributed by atoms with van der Waals surface area (Å²) < 4.78 is 0. The third kappa shape index (κ3) is 2.83. The van der Waals surface area contributed by atoms with E-state index >= 15 is 0 Å². The highest BCUT2D eigenvalue weighted by molar-refractivity contribution is 6.29. The molecule has 1 aliphatic rings. The van der Waals surface area contributed by atoms with E-state index in [4.69, 9.17) is 17.3 Å². The van der Waals surface area contributed by atoms with Crippen LogP contribution in [0.15, 0.2) is 36.4 Å². The lowest BCUT2D eigenvalue weighted by atomic mass is 9.91. The van der Waals surface area contributed by atoms with Crippen LogP contribution >= 0.6 is 11.6 Å². The van der Waals surface area contributed by atoms with E-state index < -0.39 is 0 Å². The largest absolute Gasteiger partial charge is 0.368 e. The third-order valence-corrected chi connectivity index (χ3v) is 4.17. The predicted molar refractivity (Wildman–Crippen MR) is 86.6 cm³/mol. The number of rotatable bonds is 3. The lowest BCUT2D eigenvalue weighted by molar-refractivity contribution is 0.607. The number of anilines is 2. The van der Waals surface area contributed by atoms with Crippen LogP contribution in [-0.2, 0) is 0 Å². The molecule has 2 heterocycles. The Balaban J connectivity index is 1.94. The van der Waals surface area contributed by atoms with E-state index in [1.54, 1.807) is 6.07 Å². The Hall–Kier alpha value is -2.32. The number of halogens is 1. The molecule has 1 aromatic carbocycles. The van der Waals surface area contributed by atoms with Gasteiger partial charge in [-0.25, -0.2) is 4.98 Å². The van der Waals surface area contributed by atoms with E-state index in [2.05, 4.69) is 20.9 Å². The Kier molecular flexibility index (Phi) is 4.12. The maximum Gasteiger partial charge on any atom is 0.223 e. The summed E-state index contributed by atoms with van der Waals surface area (Å²) in [5.74, 6) is 0.635. The first-order chi connectivity index (χ1) is 10.7. The zero-order valence-corrected chi connectivity index (χ0v) is 12.7. The molecule has 1 aliphatic heterocycles. The molecule has 6 heteroatoms. The summed E-state index contributed by atoms with van der Waals surface area (Å²) in [5, 5.41) is 9.97. The average molecular weight is 314 g/mol. The van der Waals surface area contributed by atoms with Crippen LogP contribution in [0.1, 0.15) is 24.3 Å². The van der Waals surface area contributed by atoms with Crippen molar-refractivity contribution in [3.8, 4) is 6.07 Å². The summed E-state index contributed by atoms with van der Waals surface area (Å²) in [5.41, 5.74) is 6.72. The molecular weight excluding hydrogens is 298 g/mol. The van der Waals surface area contributed by atoms with Gasteiger partial charge in [0, 0.05) is 12.6 Å². The van der Waals surface area contributed by atoms with Crippen LogP contribution in [0.2, 0.25) is 5.15 Å². The molecule has 2 aromatic rings. The smallest absolute Gasteiger partial charge is 0.223 e. The van der Waals surface area contributed by atoms with Crippen LogP contribution in [-0.4, -0.2) is 22.6 Å². The molecule has 22 heavy (non-hydrogen) atoms. The molecule has 0 saturated carbocycles. The summed E-state index contributed by atoms with van der Waals surface area (Å²) in [6, 6.07) is 14.1. The average Bonchev–Trinajstić information content (AvgIpc) is 2.97. The fraction of sp³-hybridized carbons (Fsp3) is 0.312. The highest BCUT2D eigenvalue weighted by atomic mass is 35.5. The lowest BCUT2D eigenvalue weighted by Gasteiger charge is -2.29. The Morgan fingerprint density at radius 1 is 1.32 bits per heavy atom. The highest BCUT2D eigenvalue weighted by Crippen LogP contribution is 2.34. The van der Waals surface area contributed by atoms with Gasteiger partial charge in [-0.15, -0.1) is 0 Å². The maximum atomic E-state index is 9.65. The normalized spacial score (nSPS) is 18.9. The Morgan fingerprint density at radius 3 is 2.77 bits per heavy atom. The molecule has 1 aromatic heterocycles. The second-order valence-corrected chi connectivity index (χ2v) is 5.71.